The fourth-order valence-corrected chi connectivity index (χ4v) is 4.20. The second kappa shape index (κ2) is 8.68. The van der Waals surface area contributed by atoms with E-state index in [1.165, 1.54) is 18.2 Å². The Labute approximate surface area is 199 Å². The van der Waals surface area contributed by atoms with Gasteiger partial charge < -0.3 is 29.2 Å². The molecule has 0 radical (unpaired) electrons. The number of phenolic OH excluding ortho intramolecular Hbond substituents is 1. The van der Waals surface area contributed by atoms with Crippen molar-refractivity contribution in [3.05, 3.63) is 88.9 Å². The molecule has 6 rings (SSSR count). The van der Waals surface area contributed by atoms with Crippen molar-refractivity contribution in [1.82, 2.24) is 0 Å². The molecular formula is C26H20O9. The van der Waals surface area contributed by atoms with Gasteiger partial charge in [-0.2, -0.15) is 0 Å². The van der Waals surface area contributed by atoms with Crippen LogP contribution < -0.4 is 4.74 Å². The van der Waals surface area contributed by atoms with Crippen molar-refractivity contribution in [3.8, 4) is 17.2 Å². The number of benzene rings is 2. The molecule has 0 aliphatic carbocycles. The molecule has 4 aliphatic heterocycles. The summed E-state index contributed by atoms with van der Waals surface area (Å²) < 4.78 is 21.8. The first-order valence-corrected chi connectivity index (χ1v) is 10.9. The first-order valence-electron chi connectivity index (χ1n) is 10.9. The number of carbonyl (C=O) groups is 3. The smallest absolute Gasteiger partial charge is 0.375 e. The molecule has 0 amide bonds. The van der Waals surface area contributed by atoms with E-state index in [4.69, 9.17) is 18.9 Å². The highest BCUT2D eigenvalue weighted by Gasteiger charge is 2.56. The summed E-state index contributed by atoms with van der Waals surface area (Å²) >= 11 is 0. The Morgan fingerprint density at radius 3 is 2.51 bits per heavy atom. The van der Waals surface area contributed by atoms with E-state index >= 15 is 0 Å². The lowest BCUT2D eigenvalue weighted by Crippen LogP contribution is -2.45. The average molecular weight is 476 g/mol. The van der Waals surface area contributed by atoms with Gasteiger partial charge in [-0.1, -0.05) is 24.3 Å². The molecule has 0 saturated carbocycles. The standard InChI is InChI=1S/C26H20O9/c27-19-7-3-15-9-11-33-25(31)26(14-16-1-5-18(6-2-16)34-20(19)13-15)22(23(29)24(30)35-26)17-4-8-21(28)32-12-10-17/h1-7,10,12-13,27,29H,8-9,11,14H2/t26-/m1/s1. The molecule has 9 nitrogen and oxygen atoms in total. The minimum Gasteiger partial charge on any atom is -0.504 e. The number of rotatable bonds is 1. The topological polar surface area (TPSA) is 129 Å². The van der Waals surface area contributed by atoms with E-state index < -0.39 is 29.3 Å². The van der Waals surface area contributed by atoms with E-state index in [0.717, 1.165) is 11.8 Å². The molecule has 0 aromatic heterocycles. The van der Waals surface area contributed by atoms with Crippen LogP contribution in [-0.4, -0.2) is 40.3 Å². The van der Waals surface area contributed by atoms with Gasteiger partial charge >= 0.3 is 17.9 Å². The van der Waals surface area contributed by atoms with Crippen LogP contribution in [-0.2, 0) is 41.4 Å². The van der Waals surface area contributed by atoms with Gasteiger partial charge in [-0.15, -0.1) is 0 Å². The van der Waals surface area contributed by atoms with Crippen molar-refractivity contribution < 1.29 is 43.5 Å². The molecule has 4 heterocycles. The predicted octanol–water partition coefficient (Wildman–Crippen LogP) is 3.32. The number of fused-ring (bicyclic) bond motifs is 5. The largest absolute Gasteiger partial charge is 0.504 e. The number of phenols is 1. The van der Waals surface area contributed by atoms with Crippen molar-refractivity contribution in [2.45, 2.75) is 24.9 Å². The molecule has 2 aromatic carbocycles. The normalized spacial score (nSPS) is 22.1. The Bertz CT molecular complexity index is 1320. The van der Waals surface area contributed by atoms with Crippen LogP contribution in [0.15, 0.2) is 77.8 Å². The summed E-state index contributed by atoms with van der Waals surface area (Å²) in [5.74, 6) is -2.54. The van der Waals surface area contributed by atoms with Crippen LogP contribution in [0.3, 0.4) is 0 Å². The number of esters is 3. The number of ether oxygens (including phenoxy) is 4. The lowest BCUT2D eigenvalue weighted by atomic mass is 9.82. The summed E-state index contributed by atoms with van der Waals surface area (Å²) in [6, 6.07) is 11.4. The summed E-state index contributed by atoms with van der Waals surface area (Å²) in [5.41, 5.74) is -0.533. The second-order valence-corrected chi connectivity index (χ2v) is 8.21. The maximum atomic E-state index is 13.5. The molecule has 0 unspecified atom stereocenters. The minimum absolute atomic E-state index is 0.0313. The molecule has 4 bridgehead atoms. The van der Waals surface area contributed by atoms with Gasteiger partial charge in [-0.25, -0.2) is 9.59 Å². The first-order chi connectivity index (χ1) is 16.9. The van der Waals surface area contributed by atoms with Crippen LogP contribution in [0.25, 0.3) is 0 Å². The first kappa shape index (κ1) is 22.3. The van der Waals surface area contributed by atoms with Crippen LogP contribution in [0.2, 0.25) is 0 Å². The SMILES string of the molecule is O=C1CC=C(C2=C(O)C(=O)O[C@]23Cc2ccc(cc2)Oc2cc(ccc2O)CCOC3=O)C=CO1. The summed E-state index contributed by atoms with van der Waals surface area (Å²) in [7, 11) is 0. The van der Waals surface area contributed by atoms with E-state index in [0.29, 0.717) is 17.7 Å². The molecule has 4 aliphatic rings. The van der Waals surface area contributed by atoms with Crippen LogP contribution >= 0.6 is 0 Å². The molecule has 2 aromatic rings. The Balaban J connectivity index is 1.60. The number of aromatic hydroxyl groups is 1. The van der Waals surface area contributed by atoms with Crippen molar-refractivity contribution in [2.24, 2.45) is 0 Å². The van der Waals surface area contributed by atoms with Gasteiger partial charge in [0.05, 0.1) is 24.9 Å². The highest BCUT2D eigenvalue weighted by Crippen LogP contribution is 2.42. The molecule has 9 heteroatoms. The fraction of sp³-hybridized carbons (Fsp3) is 0.192. The molecule has 0 saturated heterocycles. The van der Waals surface area contributed by atoms with Crippen molar-refractivity contribution in [1.29, 1.82) is 0 Å². The maximum absolute atomic E-state index is 13.5. The summed E-state index contributed by atoms with van der Waals surface area (Å²) in [6.45, 7) is -0.0650. The predicted molar refractivity (Wildman–Crippen MR) is 119 cm³/mol. The van der Waals surface area contributed by atoms with E-state index in [1.807, 2.05) is 0 Å². The van der Waals surface area contributed by atoms with E-state index in [2.05, 4.69) is 0 Å². The number of aliphatic hydroxyl groups excluding tert-OH is 1. The van der Waals surface area contributed by atoms with Gasteiger partial charge in [0.25, 0.3) is 0 Å². The number of cyclic esters (lactones) is 1. The second-order valence-electron chi connectivity index (χ2n) is 8.21. The lowest BCUT2D eigenvalue weighted by Gasteiger charge is -2.29. The summed E-state index contributed by atoms with van der Waals surface area (Å²) in [4.78, 5) is 37.8. The average Bonchev–Trinajstić information content (AvgIpc) is 2.96. The third kappa shape index (κ3) is 4.12. The van der Waals surface area contributed by atoms with Crippen molar-refractivity contribution in [2.75, 3.05) is 6.61 Å². The third-order valence-electron chi connectivity index (χ3n) is 5.91. The third-order valence-corrected chi connectivity index (χ3v) is 5.91. The van der Waals surface area contributed by atoms with Gasteiger partial charge in [0.15, 0.2) is 11.5 Å². The molecule has 1 spiro atoms. The lowest BCUT2D eigenvalue weighted by molar-refractivity contribution is -0.172. The van der Waals surface area contributed by atoms with Gasteiger partial charge in [-0.05, 0) is 47.0 Å². The number of hydrogen-bond donors (Lipinski definition) is 2. The molecule has 178 valence electrons. The number of aliphatic hydroxyl groups is 1. The number of hydrogen-bond acceptors (Lipinski definition) is 9. The molecular weight excluding hydrogens is 456 g/mol. The van der Waals surface area contributed by atoms with E-state index in [-0.39, 0.29) is 42.1 Å². The quantitative estimate of drug-likeness (QED) is 0.470. The van der Waals surface area contributed by atoms with Crippen molar-refractivity contribution in [3.63, 3.8) is 0 Å². The van der Waals surface area contributed by atoms with Crippen LogP contribution in [0.4, 0.5) is 0 Å². The van der Waals surface area contributed by atoms with Crippen LogP contribution in [0.5, 0.6) is 17.2 Å². The van der Waals surface area contributed by atoms with Gasteiger partial charge in [0, 0.05) is 12.8 Å². The monoisotopic (exact) mass is 476 g/mol. The summed E-state index contributed by atoms with van der Waals surface area (Å²) in [6.07, 6.45) is 3.98. The van der Waals surface area contributed by atoms with Crippen LogP contribution in [0, 0.1) is 0 Å². The zero-order valence-corrected chi connectivity index (χ0v) is 18.4. The number of carbonyl (C=O) groups excluding carboxylic acids is 3. The van der Waals surface area contributed by atoms with Crippen LogP contribution in [0.1, 0.15) is 17.5 Å². The summed E-state index contributed by atoms with van der Waals surface area (Å²) in [5, 5.41) is 20.8. The molecule has 0 fully saturated rings. The number of allylic oxidation sites excluding steroid dienone is 1. The Morgan fingerprint density at radius 2 is 1.71 bits per heavy atom. The fourth-order valence-electron chi connectivity index (χ4n) is 4.20. The zero-order valence-electron chi connectivity index (χ0n) is 18.4. The Kier molecular flexibility index (Phi) is 5.52. The zero-order chi connectivity index (χ0) is 24.6. The highest BCUT2D eigenvalue weighted by molar-refractivity contribution is 6.01. The Morgan fingerprint density at radius 1 is 0.943 bits per heavy atom. The van der Waals surface area contributed by atoms with Gasteiger partial charge in [0.1, 0.15) is 5.75 Å². The van der Waals surface area contributed by atoms with E-state index in [9.17, 15) is 24.6 Å². The van der Waals surface area contributed by atoms with Gasteiger partial charge in [0.2, 0.25) is 11.4 Å². The van der Waals surface area contributed by atoms with E-state index in [1.54, 1.807) is 36.4 Å². The maximum Gasteiger partial charge on any atom is 0.375 e. The van der Waals surface area contributed by atoms with Gasteiger partial charge in [-0.3, -0.25) is 4.79 Å². The highest BCUT2D eigenvalue weighted by atomic mass is 16.6. The molecule has 2 N–H and O–H groups in total. The molecule has 35 heavy (non-hydrogen) atoms. The molecule has 1 atom stereocenters. The minimum atomic E-state index is -1.99. The Hall–Kier alpha value is -4.53. The van der Waals surface area contributed by atoms with Crippen molar-refractivity contribution >= 4 is 17.9 Å².